The molecule has 1 amide bonds. The van der Waals surface area contributed by atoms with E-state index in [9.17, 15) is 9.59 Å². The Balaban J connectivity index is 1.81. The van der Waals surface area contributed by atoms with Gasteiger partial charge in [-0.25, -0.2) is 4.79 Å². The van der Waals surface area contributed by atoms with Gasteiger partial charge in [-0.1, -0.05) is 51.1 Å². The van der Waals surface area contributed by atoms with E-state index in [0.717, 1.165) is 34.3 Å². The molecule has 3 rings (SSSR count). The maximum Gasteiger partial charge on any atom is 0.329 e. The number of nitrogens with zero attached hydrogens (tertiary/aromatic N) is 2. The molecule has 0 saturated heterocycles. The molecule has 0 radical (unpaired) electrons. The highest BCUT2D eigenvalue weighted by Crippen LogP contribution is 2.27. The van der Waals surface area contributed by atoms with Gasteiger partial charge in [-0.2, -0.15) is 0 Å². The molecule has 28 heavy (non-hydrogen) atoms. The topological polar surface area (TPSA) is 56.0 Å². The van der Waals surface area contributed by atoms with Crippen LogP contribution in [0.25, 0.3) is 11.0 Å². The summed E-state index contributed by atoms with van der Waals surface area (Å²) in [5.41, 5.74) is 4.84. The highest BCUT2D eigenvalue weighted by atomic mass is 16.2. The van der Waals surface area contributed by atoms with Gasteiger partial charge in [0.15, 0.2) is 0 Å². The van der Waals surface area contributed by atoms with Crippen molar-refractivity contribution in [3.63, 3.8) is 0 Å². The number of aryl methyl sites for hydroxylation is 3. The monoisotopic (exact) mass is 379 g/mol. The second kappa shape index (κ2) is 8.46. The van der Waals surface area contributed by atoms with Crippen molar-refractivity contribution in [2.24, 2.45) is 0 Å². The first kappa shape index (κ1) is 19.9. The number of hydrogen-bond acceptors (Lipinski definition) is 2. The minimum atomic E-state index is -0.0737. The number of rotatable bonds is 7. The van der Waals surface area contributed by atoms with E-state index in [0.29, 0.717) is 19.0 Å². The highest BCUT2D eigenvalue weighted by Gasteiger charge is 2.15. The molecule has 0 aliphatic rings. The van der Waals surface area contributed by atoms with Crippen molar-refractivity contribution < 1.29 is 4.79 Å². The molecule has 0 fully saturated rings. The summed E-state index contributed by atoms with van der Waals surface area (Å²) in [6.07, 6.45) is 1.14. The van der Waals surface area contributed by atoms with E-state index in [1.54, 1.807) is 9.13 Å². The van der Waals surface area contributed by atoms with Crippen molar-refractivity contribution in [2.45, 2.75) is 59.5 Å². The third kappa shape index (κ3) is 3.88. The average molecular weight is 380 g/mol. The Kier molecular flexibility index (Phi) is 6.02. The molecule has 0 aliphatic heterocycles. The highest BCUT2D eigenvalue weighted by molar-refractivity contribution is 5.92. The summed E-state index contributed by atoms with van der Waals surface area (Å²) in [7, 11) is 0. The summed E-state index contributed by atoms with van der Waals surface area (Å²) in [5.74, 6) is 0.250. The van der Waals surface area contributed by atoms with Gasteiger partial charge in [0.25, 0.3) is 0 Å². The number of amides is 1. The summed E-state index contributed by atoms with van der Waals surface area (Å²) in [4.78, 5) is 25.5. The molecule has 2 aromatic carbocycles. The Bertz CT molecular complexity index is 1040. The van der Waals surface area contributed by atoms with E-state index in [-0.39, 0.29) is 18.0 Å². The van der Waals surface area contributed by atoms with Crippen molar-refractivity contribution in [1.82, 2.24) is 9.13 Å². The molecular weight excluding hydrogens is 350 g/mol. The second-order valence-corrected chi connectivity index (χ2v) is 7.57. The summed E-state index contributed by atoms with van der Waals surface area (Å²) < 4.78 is 3.51. The van der Waals surface area contributed by atoms with E-state index in [1.807, 2.05) is 43.3 Å². The van der Waals surface area contributed by atoms with E-state index in [4.69, 9.17) is 0 Å². The van der Waals surface area contributed by atoms with E-state index >= 15 is 0 Å². The van der Waals surface area contributed by atoms with Crippen LogP contribution >= 0.6 is 0 Å². The van der Waals surface area contributed by atoms with Crippen LogP contribution in [-0.4, -0.2) is 15.0 Å². The van der Waals surface area contributed by atoms with E-state index in [1.165, 1.54) is 0 Å². The van der Waals surface area contributed by atoms with Crippen LogP contribution in [0.1, 0.15) is 50.7 Å². The number of carbonyl (C=O) groups is 1. The number of aromatic nitrogens is 2. The van der Waals surface area contributed by atoms with Gasteiger partial charge in [-0.3, -0.25) is 13.9 Å². The van der Waals surface area contributed by atoms with Crippen LogP contribution in [0, 0.1) is 6.92 Å². The van der Waals surface area contributed by atoms with Crippen LogP contribution in [0.2, 0.25) is 0 Å². The first-order valence-corrected chi connectivity index (χ1v) is 10.0. The molecular formula is C23H29N3O2. The van der Waals surface area contributed by atoms with Crippen molar-refractivity contribution in [2.75, 3.05) is 5.32 Å². The molecule has 1 heterocycles. The van der Waals surface area contributed by atoms with Crippen molar-refractivity contribution >= 4 is 22.6 Å². The Morgan fingerprint density at radius 3 is 2.25 bits per heavy atom. The average Bonchev–Trinajstić information content (AvgIpc) is 2.93. The quantitative estimate of drug-likeness (QED) is 0.648. The molecule has 0 bridgehead atoms. The SMILES string of the molecule is CCCn1c(=O)n(CCC(=O)Nc2c(C)cccc2C(C)C)c2ccccc21. The van der Waals surface area contributed by atoms with Crippen molar-refractivity contribution in [3.05, 3.63) is 64.1 Å². The second-order valence-electron chi connectivity index (χ2n) is 7.57. The number of imidazole rings is 1. The van der Waals surface area contributed by atoms with Crippen LogP contribution in [0.5, 0.6) is 0 Å². The van der Waals surface area contributed by atoms with E-state index in [2.05, 4.69) is 32.2 Å². The molecule has 0 saturated carbocycles. The fourth-order valence-corrected chi connectivity index (χ4v) is 3.69. The number of nitrogens with one attached hydrogen (secondary N) is 1. The van der Waals surface area contributed by atoms with Crippen molar-refractivity contribution in [3.8, 4) is 0 Å². The first-order valence-electron chi connectivity index (χ1n) is 10.0. The standard InChI is InChI=1S/C23H29N3O2/c1-5-14-25-19-11-6-7-12-20(19)26(23(25)28)15-13-21(27)24-22-17(4)9-8-10-18(22)16(2)3/h6-12,16H,5,13-15H2,1-4H3,(H,24,27). The van der Waals surface area contributed by atoms with Gasteiger partial charge < -0.3 is 5.32 Å². The lowest BCUT2D eigenvalue weighted by atomic mass is 9.98. The van der Waals surface area contributed by atoms with Gasteiger partial charge in [0, 0.05) is 25.2 Å². The van der Waals surface area contributed by atoms with Crippen LogP contribution in [0.15, 0.2) is 47.3 Å². The Morgan fingerprint density at radius 2 is 1.64 bits per heavy atom. The van der Waals surface area contributed by atoms with Gasteiger partial charge in [-0.15, -0.1) is 0 Å². The summed E-state index contributed by atoms with van der Waals surface area (Å²) in [6, 6.07) is 13.8. The zero-order valence-electron chi connectivity index (χ0n) is 17.2. The van der Waals surface area contributed by atoms with Crippen LogP contribution in [0.3, 0.4) is 0 Å². The molecule has 3 aromatic rings. The number of carbonyl (C=O) groups excluding carboxylic acids is 1. The molecule has 5 heteroatoms. The minimum absolute atomic E-state index is 0.0467. The van der Waals surface area contributed by atoms with Gasteiger partial charge in [0.2, 0.25) is 5.91 Å². The fourth-order valence-electron chi connectivity index (χ4n) is 3.69. The zero-order chi connectivity index (χ0) is 20.3. The number of anilines is 1. The Hall–Kier alpha value is -2.82. The molecule has 1 N–H and O–H groups in total. The zero-order valence-corrected chi connectivity index (χ0v) is 17.2. The molecule has 0 aliphatic carbocycles. The largest absolute Gasteiger partial charge is 0.329 e. The lowest BCUT2D eigenvalue weighted by Crippen LogP contribution is -2.26. The molecule has 5 nitrogen and oxygen atoms in total. The molecule has 0 unspecified atom stereocenters. The number of benzene rings is 2. The van der Waals surface area contributed by atoms with Crippen LogP contribution in [0.4, 0.5) is 5.69 Å². The number of fused-ring (bicyclic) bond motifs is 1. The van der Waals surface area contributed by atoms with Gasteiger partial charge >= 0.3 is 5.69 Å². The predicted molar refractivity (Wildman–Crippen MR) is 115 cm³/mol. The van der Waals surface area contributed by atoms with Crippen LogP contribution < -0.4 is 11.0 Å². The molecule has 0 spiro atoms. The van der Waals surface area contributed by atoms with E-state index < -0.39 is 0 Å². The number of hydrogen-bond donors (Lipinski definition) is 1. The van der Waals surface area contributed by atoms with Gasteiger partial charge in [-0.05, 0) is 42.5 Å². The lowest BCUT2D eigenvalue weighted by molar-refractivity contribution is -0.116. The molecule has 1 aromatic heterocycles. The van der Waals surface area contributed by atoms with Crippen LogP contribution in [-0.2, 0) is 17.9 Å². The first-order chi connectivity index (χ1) is 13.4. The maximum atomic E-state index is 12.8. The third-order valence-corrected chi connectivity index (χ3v) is 5.13. The summed E-state index contributed by atoms with van der Waals surface area (Å²) >= 11 is 0. The summed E-state index contributed by atoms with van der Waals surface area (Å²) in [5, 5.41) is 3.07. The lowest BCUT2D eigenvalue weighted by Gasteiger charge is -2.16. The van der Waals surface area contributed by atoms with Gasteiger partial charge in [0.1, 0.15) is 0 Å². The molecule has 0 atom stereocenters. The van der Waals surface area contributed by atoms with Crippen molar-refractivity contribution in [1.29, 1.82) is 0 Å². The fraction of sp³-hybridized carbons (Fsp3) is 0.391. The summed E-state index contributed by atoms with van der Waals surface area (Å²) in [6.45, 7) is 9.34. The van der Waals surface area contributed by atoms with Gasteiger partial charge in [0.05, 0.1) is 11.0 Å². The normalized spacial score (nSPS) is 11.3. The Morgan fingerprint density at radius 1 is 1.00 bits per heavy atom. The predicted octanol–water partition coefficient (Wildman–Crippen LogP) is 4.67. The number of para-hydroxylation sites is 3. The maximum absolute atomic E-state index is 12.8. The molecule has 148 valence electrons. The Labute approximate surface area is 166 Å². The minimum Gasteiger partial charge on any atom is -0.326 e. The smallest absolute Gasteiger partial charge is 0.326 e. The third-order valence-electron chi connectivity index (χ3n) is 5.13.